The van der Waals surface area contributed by atoms with Crippen molar-refractivity contribution in [2.24, 2.45) is 5.73 Å². The monoisotopic (exact) mass is 298 g/mol. The summed E-state index contributed by atoms with van der Waals surface area (Å²) in [6.45, 7) is 2.90. The largest absolute Gasteiger partial charge is 0.476 e. The highest BCUT2D eigenvalue weighted by Gasteiger charge is 2.22. The van der Waals surface area contributed by atoms with Crippen LogP contribution in [0.15, 0.2) is 54.6 Å². The fourth-order valence-electron chi connectivity index (χ4n) is 2.23. The first-order chi connectivity index (χ1) is 10.8. The zero-order valence-corrected chi connectivity index (χ0v) is 12.8. The minimum absolute atomic E-state index is 0.178. The number of amides is 1. The third kappa shape index (κ3) is 4.09. The van der Waals surface area contributed by atoms with Crippen molar-refractivity contribution in [3.05, 3.63) is 65.7 Å². The van der Waals surface area contributed by atoms with Crippen LogP contribution in [-0.4, -0.2) is 19.0 Å². The molecule has 2 aromatic carbocycles. The molecule has 4 nitrogen and oxygen atoms in total. The summed E-state index contributed by atoms with van der Waals surface area (Å²) in [5.41, 5.74) is 7.36. The minimum atomic E-state index is -0.680. The molecule has 4 heteroatoms. The number of rotatable bonds is 7. The molecule has 1 amide bonds. The summed E-state index contributed by atoms with van der Waals surface area (Å²) >= 11 is 0. The van der Waals surface area contributed by atoms with Gasteiger partial charge in [-0.25, -0.2) is 0 Å². The Morgan fingerprint density at radius 1 is 1.14 bits per heavy atom. The molecular formula is C18H22N2O2. The van der Waals surface area contributed by atoms with Crippen LogP contribution in [0.3, 0.4) is 0 Å². The van der Waals surface area contributed by atoms with Crippen molar-refractivity contribution in [2.45, 2.75) is 19.4 Å². The molecule has 0 saturated heterocycles. The molecule has 0 aliphatic heterocycles. The van der Waals surface area contributed by atoms with E-state index >= 15 is 0 Å². The molecule has 0 spiro atoms. The smallest absolute Gasteiger partial charge is 0.265 e. The highest BCUT2D eigenvalue weighted by molar-refractivity contribution is 5.82. The Morgan fingerprint density at radius 2 is 1.82 bits per heavy atom. The van der Waals surface area contributed by atoms with Gasteiger partial charge in [-0.3, -0.25) is 4.79 Å². The minimum Gasteiger partial charge on any atom is -0.476 e. The van der Waals surface area contributed by atoms with Gasteiger partial charge >= 0.3 is 0 Å². The molecule has 0 fully saturated rings. The first kappa shape index (κ1) is 16.0. The van der Waals surface area contributed by atoms with Crippen molar-refractivity contribution in [1.82, 2.24) is 5.32 Å². The highest BCUT2D eigenvalue weighted by Crippen LogP contribution is 2.26. The maximum atomic E-state index is 12.4. The molecule has 0 radical (unpaired) electrons. The number of benzene rings is 2. The van der Waals surface area contributed by atoms with E-state index in [-0.39, 0.29) is 5.91 Å². The van der Waals surface area contributed by atoms with E-state index in [1.807, 2.05) is 54.6 Å². The van der Waals surface area contributed by atoms with Crippen molar-refractivity contribution in [3.8, 4) is 5.75 Å². The van der Waals surface area contributed by atoms with Crippen molar-refractivity contribution in [3.63, 3.8) is 0 Å². The molecule has 116 valence electrons. The summed E-state index contributed by atoms with van der Waals surface area (Å²) < 4.78 is 6.03. The lowest BCUT2D eigenvalue weighted by atomic mass is 10.1. The number of hydrogen-bond donors (Lipinski definition) is 2. The van der Waals surface area contributed by atoms with Gasteiger partial charge in [0.25, 0.3) is 5.91 Å². The third-order valence-corrected chi connectivity index (χ3v) is 3.38. The van der Waals surface area contributed by atoms with Crippen LogP contribution in [0.5, 0.6) is 5.75 Å². The van der Waals surface area contributed by atoms with Gasteiger partial charge in [0.2, 0.25) is 6.10 Å². The van der Waals surface area contributed by atoms with Gasteiger partial charge in [0, 0.05) is 18.7 Å². The molecule has 0 heterocycles. The second-order valence-corrected chi connectivity index (χ2v) is 4.95. The average molecular weight is 298 g/mol. The van der Waals surface area contributed by atoms with Gasteiger partial charge in [0.1, 0.15) is 5.75 Å². The molecule has 1 atom stereocenters. The van der Waals surface area contributed by atoms with Gasteiger partial charge in [0.15, 0.2) is 0 Å². The predicted molar refractivity (Wildman–Crippen MR) is 87.7 cm³/mol. The maximum Gasteiger partial charge on any atom is 0.265 e. The summed E-state index contributed by atoms with van der Waals surface area (Å²) in [4.78, 5) is 12.4. The van der Waals surface area contributed by atoms with E-state index in [9.17, 15) is 4.79 Å². The lowest BCUT2D eigenvalue weighted by Crippen LogP contribution is -2.35. The van der Waals surface area contributed by atoms with Crippen LogP contribution >= 0.6 is 0 Å². The lowest BCUT2D eigenvalue weighted by molar-refractivity contribution is -0.128. The van der Waals surface area contributed by atoms with Crippen molar-refractivity contribution in [2.75, 3.05) is 13.1 Å². The van der Waals surface area contributed by atoms with E-state index in [2.05, 4.69) is 12.2 Å². The molecule has 0 aliphatic carbocycles. The molecule has 1 unspecified atom stereocenters. The van der Waals surface area contributed by atoms with Gasteiger partial charge < -0.3 is 15.8 Å². The SMILES string of the molecule is CCc1ccccc1OC(C(=O)NCCN)c1ccccc1. The Hall–Kier alpha value is -2.33. The third-order valence-electron chi connectivity index (χ3n) is 3.38. The summed E-state index contributed by atoms with van der Waals surface area (Å²) in [6.07, 6.45) is 0.169. The van der Waals surface area contributed by atoms with Crippen LogP contribution in [-0.2, 0) is 11.2 Å². The topological polar surface area (TPSA) is 64.3 Å². The first-order valence-electron chi connectivity index (χ1n) is 7.53. The maximum absolute atomic E-state index is 12.4. The number of para-hydroxylation sites is 1. The molecular weight excluding hydrogens is 276 g/mol. The Balaban J connectivity index is 2.26. The van der Waals surface area contributed by atoms with Crippen LogP contribution in [0.4, 0.5) is 0 Å². The van der Waals surface area contributed by atoms with E-state index < -0.39 is 6.10 Å². The first-order valence-corrected chi connectivity index (χ1v) is 7.53. The van der Waals surface area contributed by atoms with E-state index in [1.54, 1.807) is 0 Å². The molecule has 0 aliphatic rings. The normalized spacial score (nSPS) is 11.7. The second kappa shape index (κ2) is 8.20. The van der Waals surface area contributed by atoms with Crippen LogP contribution in [0.25, 0.3) is 0 Å². The predicted octanol–water partition coefficient (Wildman–Crippen LogP) is 2.44. The van der Waals surface area contributed by atoms with Gasteiger partial charge in [-0.05, 0) is 18.1 Å². The molecule has 0 saturated carbocycles. The van der Waals surface area contributed by atoms with E-state index in [4.69, 9.17) is 10.5 Å². The molecule has 22 heavy (non-hydrogen) atoms. The zero-order chi connectivity index (χ0) is 15.8. The number of hydrogen-bond acceptors (Lipinski definition) is 3. The highest BCUT2D eigenvalue weighted by atomic mass is 16.5. The Labute approximate surface area is 131 Å². The number of nitrogens with one attached hydrogen (secondary N) is 1. The fourth-order valence-corrected chi connectivity index (χ4v) is 2.23. The number of ether oxygens (including phenoxy) is 1. The molecule has 0 aromatic heterocycles. The zero-order valence-electron chi connectivity index (χ0n) is 12.8. The lowest BCUT2D eigenvalue weighted by Gasteiger charge is -2.20. The number of aryl methyl sites for hydroxylation is 1. The van der Waals surface area contributed by atoms with Gasteiger partial charge in [-0.2, -0.15) is 0 Å². The summed E-state index contributed by atoms with van der Waals surface area (Å²) in [5.74, 6) is 0.560. The summed E-state index contributed by atoms with van der Waals surface area (Å²) in [6, 6.07) is 17.3. The van der Waals surface area contributed by atoms with Crippen molar-refractivity contribution >= 4 is 5.91 Å². The van der Waals surface area contributed by atoms with Crippen LogP contribution < -0.4 is 15.8 Å². The van der Waals surface area contributed by atoms with Crippen LogP contribution in [0.1, 0.15) is 24.2 Å². The summed E-state index contributed by atoms with van der Waals surface area (Å²) in [7, 11) is 0. The standard InChI is InChI=1S/C18H22N2O2/c1-2-14-8-6-7-11-16(14)22-17(18(21)20-13-12-19)15-9-4-3-5-10-15/h3-11,17H,2,12-13,19H2,1H3,(H,20,21). The van der Waals surface area contributed by atoms with Gasteiger partial charge in [-0.15, -0.1) is 0 Å². The molecule has 2 rings (SSSR count). The molecule has 3 N–H and O–H groups in total. The average Bonchev–Trinajstić information content (AvgIpc) is 2.58. The second-order valence-electron chi connectivity index (χ2n) is 4.95. The Morgan fingerprint density at radius 3 is 2.50 bits per heavy atom. The summed E-state index contributed by atoms with van der Waals surface area (Å²) in [5, 5.41) is 2.80. The van der Waals surface area contributed by atoms with Gasteiger partial charge in [-0.1, -0.05) is 55.5 Å². The molecule has 2 aromatic rings. The van der Waals surface area contributed by atoms with E-state index in [1.165, 1.54) is 0 Å². The van der Waals surface area contributed by atoms with Crippen molar-refractivity contribution in [1.29, 1.82) is 0 Å². The van der Waals surface area contributed by atoms with E-state index in [0.717, 1.165) is 23.3 Å². The number of nitrogens with two attached hydrogens (primary N) is 1. The Bertz CT molecular complexity index is 599. The van der Waals surface area contributed by atoms with Crippen molar-refractivity contribution < 1.29 is 9.53 Å². The quantitative estimate of drug-likeness (QED) is 0.825. The molecule has 0 bridgehead atoms. The van der Waals surface area contributed by atoms with Crippen LogP contribution in [0.2, 0.25) is 0 Å². The number of carbonyl (C=O) groups is 1. The van der Waals surface area contributed by atoms with Gasteiger partial charge in [0.05, 0.1) is 0 Å². The van der Waals surface area contributed by atoms with E-state index in [0.29, 0.717) is 13.1 Å². The van der Waals surface area contributed by atoms with Crippen LogP contribution in [0, 0.1) is 0 Å². The number of carbonyl (C=O) groups excluding carboxylic acids is 1. The fraction of sp³-hybridized carbons (Fsp3) is 0.278. The Kier molecular flexibility index (Phi) is 5.98.